The van der Waals surface area contributed by atoms with Gasteiger partial charge in [0.1, 0.15) is 11.3 Å². The van der Waals surface area contributed by atoms with Gasteiger partial charge in [-0.3, -0.25) is 10.1 Å². The molecule has 0 saturated heterocycles. The largest absolute Gasteiger partial charge is 0.459 e. The Kier molecular flexibility index (Phi) is 4.19. The Labute approximate surface area is 143 Å². The standard InChI is InChI=1S/C16H15N3O5S/c1-10(16-6-11-4-2-3-5-15(11)24-16)18-12-7-13(19(20)21)9-14(8-12)25(17,22)23/h2-10,18H,1H3,(H2,17,22,23)/t10-/m1/s1. The van der Waals surface area contributed by atoms with Crippen molar-refractivity contribution in [2.75, 3.05) is 5.32 Å². The zero-order valence-corrected chi connectivity index (χ0v) is 14.0. The van der Waals surface area contributed by atoms with Gasteiger partial charge in [-0.05, 0) is 25.1 Å². The molecule has 0 radical (unpaired) electrons. The molecule has 0 bridgehead atoms. The highest BCUT2D eigenvalue weighted by Gasteiger charge is 2.18. The molecule has 1 atom stereocenters. The van der Waals surface area contributed by atoms with Gasteiger partial charge in [-0.15, -0.1) is 0 Å². The molecule has 0 aliphatic heterocycles. The third-order valence-electron chi connectivity index (χ3n) is 3.69. The van der Waals surface area contributed by atoms with Crippen LogP contribution in [0.15, 0.2) is 57.8 Å². The number of hydrogen-bond donors (Lipinski definition) is 2. The van der Waals surface area contributed by atoms with E-state index in [4.69, 9.17) is 9.56 Å². The van der Waals surface area contributed by atoms with E-state index < -0.39 is 14.9 Å². The number of nitro groups is 1. The number of sulfonamides is 1. The fraction of sp³-hybridized carbons (Fsp3) is 0.125. The van der Waals surface area contributed by atoms with Crippen molar-refractivity contribution in [3.63, 3.8) is 0 Å². The van der Waals surface area contributed by atoms with Crippen molar-refractivity contribution in [2.45, 2.75) is 17.9 Å². The first-order valence-electron chi connectivity index (χ1n) is 7.31. The van der Waals surface area contributed by atoms with Gasteiger partial charge in [0.2, 0.25) is 10.0 Å². The number of anilines is 1. The van der Waals surface area contributed by atoms with Crippen LogP contribution in [0.3, 0.4) is 0 Å². The number of rotatable bonds is 5. The summed E-state index contributed by atoms with van der Waals surface area (Å²) in [4.78, 5) is 10.0. The van der Waals surface area contributed by atoms with Crippen LogP contribution in [-0.2, 0) is 10.0 Å². The summed E-state index contributed by atoms with van der Waals surface area (Å²) in [5.74, 6) is 0.616. The van der Waals surface area contributed by atoms with Crippen LogP contribution in [0.5, 0.6) is 0 Å². The number of non-ortho nitro benzene ring substituents is 1. The van der Waals surface area contributed by atoms with E-state index in [9.17, 15) is 18.5 Å². The van der Waals surface area contributed by atoms with E-state index in [1.807, 2.05) is 30.3 Å². The van der Waals surface area contributed by atoms with Crippen molar-refractivity contribution in [3.8, 4) is 0 Å². The number of nitrogens with zero attached hydrogens (tertiary/aromatic N) is 1. The minimum Gasteiger partial charge on any atom is -0.459 e. The van der Waals surface area contributed by atoms with Gasteiger partial charge in [0.05, 0.1) is 15.9 Å². The molecule has 3 aromatic rings. The van der Waals surface area contributed by atoms with Gasteiger partial charge in [0.15, 0.2) is 0 Å². The fourth-order valence-electron chi connectivity index (χ4n) is 2.47. The van der Waals surface area contributed by atoms with E-state index in [0.717, 1.165) is 17.0 Å². The smallest absolute Gasteiger partial charge is 0.272 e. The molecule has 25 heavy (non-hydrogen) atoms. The summed E-state index contributed by atoms with van der Waals surface area (Å²) in [5, 5.41) is 20.1. The van der Waals surface area contributed by atoms with Crippen LogP contribution >= 0.6 is 0 Å². The summed E-state index contributed by atoms with van der Waals surface area (Å²) in [6.45, 7) is 1.80. The van der Waals surface area contributed by atoms with Crippen molar-refractivity contribution in [1.82, 2.24) is 0 Å². The molecular weight excluding hydrogens is 346 g/mol. The summed E-state index contributed by atoms with van der Waals surface area (Å²) in [6.07, 6.45) is 0. The van der Waals surface area contributed by atoms with Crippen molar-refractivity contribution in [3.05, 3.63) is 64.4 Å². The molecule has 0 fully saturated rings. The normalized spacial score (nSPS) is 12.9. The van der Waals surface area contributed by atoms with Crippen molar-refractivity contribution >= 4 is 32.4 Å². The lowest BCUT2D eigenvalue weighted by Crippen LogP contribution is -2.13. The predicted molar refractivity (Wildman–Crippen MR) is 92.7 cm³/mol. The summed E-state index contributed by atoms with van der Waals surface area (Å²) < 4.78 is 28.8. The second-order valence-corrected chi connectivity index (χ2v) is 7.13. The van der Waals surface area contributed by atoms with Crippen molar-refractivity contribution in [1.29, 1.82) is 0 Å². The Balaban J connectivity index is 1.95. The third-order valence-corrected chi connectivity index (χ3v) is 4.58. The molecular formula is C16H15N3O5S. The van der Waals surface area contributed by atoms with Gasteiger partial charge >= 0.3 is 0 Å². The molecule has 8 nitrogen and oxygen atoms in total. The SMILES string of the molecule is C[C@@H](Nc1cc([N+](=O)[O-])cc(S(N)(=O)=O)c1)c1cc2ccccc2o1. The third kappa shape index (κ3) is 3.62. The molecule has 0 unspecified atom stereocenters. The van der Waals surface area contributed by atoms with Crippen LogP contribution in [0.25, 0.3) is 11.0 Å². The van der Waals surface area contributed by atoms with E-state index in [-0.39, 0.29) is 22.3 Å². The topological polar surface area (TPSA) is 128 Å². The van der Waals surface area contributed by atoms with Gasteiger partial charge in [-0.1, -0.05) is 18.2 Å². The molecule has 0 aliphatic rings. The molecule has 9 heteroatoms. The Morgan fingerprint density at radius 2 is 1.92 bits per heavy atom. The van der Waals surface area contributed by atoms with Crippen LogP contribution < -0.4 is 10.5 Å². The summed E-state index contributed by atoms with van der Waals surface area (Å²) in [6, 6.07) is 12.4. The average Bonchev–Trinajstić information content (AvgIpc) is 2.98. The lowest BCUT2D eigenvalue weighted by molar-refractivity contribution is -0.385. The molecule has 130 valence electrons. The summed E-state index contributed by atoms with van der Waals surface area (Å²) >= 11 is 0. The molecule has 2 aromatic carbocycles. The number of benzene rings is 2. The van der Waals surface area contributed by atoms with Gasteiger partial charge in [-0.25, -0.2) is 13.6 Å². The highest BCUT2D eigenvalue weighted by Crippen LogP contribution is 2.29. The lowest BCUT2D eigenvalue weighted by Gasteiger charge is -2.13. The first-order valence-corrected chi connectivity index (χ1v) is 8.86. The van der Waals surface area contributed by atoms with E-state index in [0.29, 0.717) is 5.76 Å². The number of fused-ring (bicyclic) bond motifs is 1. The fourth-order valence-corrected chi connectivity index (χ4v) is 3.05. The van der Waals surface area contributed by atoms with E-state index >= 15 is 0 Å². The Bertz CT molecular complexity index is 1030. The molecule has 0 aliphatic carbocycles. The van der Waals surface area contributed by atoms with E-state index in [2.05, 4.69) is 5.32 Å². The Hall–Kier alpha value is -2.91. The molecule has 3 rings (SSSR count). The number of primary sulfonamides is 1. The summed E-state index contributed by atoms with van der Waals surface area (Å²) in [5.41, 5.74) is 0.604. The first kappa shape index (κ1) is 16.9. The Morgan fingerprint density at radius 1 is 1.20 bits per heavy atom. The van der Waals surface area contributed by atoms with Crippen LogP contribution in [0, 0.1) is 10.1 Å². The maximum atomic E-state index is 11.5. The molecule has 3 N–H and O–H groups in total. The van der Waals surface area contributed by atoms with Crippen molar-refractivity contribution in [2.24, 2.45) is 5.14 Å². The number of nitrogens with one attached hydrogen (secondary N) is 1. The first-order chi connectivity index (χ1) is 11.7. The maximum absolute atomic E-state index is 11.5. The zero-order valence-electron chi connectivity index (χ0n) is 13.2. The van der Waals surface area contributed by atoms with Crippen LogP contribution in [0.4, 0.5) is 11.4 Å². The minimum atomic E-state index is -4.07. The predicted octanol–water partition coefficient (Wildman–Crippen LogP) is 3.16. The lowest BCUT2D eigenvalue weighted by atomic mass is 10.2. The molecule has 1 aromatic heterocycles. The minimum absolute atomic E-state index is 0.256. The molecule has 0 saturated carbocycles. The number of nitrogens with two attached hydrogens (primary N) is 1. The van der Waals surface area contributed by atoms with E-state index in [1.54, 1.807) is 6.92 Å². The van der Waals surface area contributed by atoms with Crippen molar-refractivity contribution < 1.29 is 17.8 Å². The molecule has 1 heterocycles. The van der Waals surface area contributed by atoms with E-state index in [1.165, 1.54) is 12.1 Å². The van der Waals surface area contributed by atoms with Crippen LogP contribution in [-0.4, -0.2) is 13.3 Å². The zero-order chi connectivity index (χ0) is 18.2. The average molecular weight is 361 g/mol. The highest BCUT2D eigenvalue weighted by atomic mass is 32.2. The second kappa shape index (κ2) is 6.19. The van der Waals surface area contributed by atoms with Crippen LogP contribution in [0.1, 0.15) is 18.7 Å². The van der Waals surface area contributed by atoms with Gasteiger partial charge < -0.3 is 9.73 Å². The van der Waals surface area contributed by atoms with Gasteiger partial charge in [0.25, 0.3) is 5.69 Å². The van der Waals surface area contributed by atoms with Crippen LogP contribution in [0.2, 0.25) is 0 Å². The number of hydrogen-bond acceptors (Lipinski definition) is 6. The molecule has 0 spiro atoms. The van der Waals surface area contributed by atoms with Gasteiger partial charge in [0, 0.05) is 23.2 Å². The monoisotopic (exact) mass is 361 g/mol. The van der Waals surface area contributed by atoms with Gasteiger partial charge in [-0.2, -0.15) is 0 Å². The maximum Gasteiger partial charge on any atom is 0.272 e. The molecule has 0 amide bonds. The second-order valence-electron chi connectivity index (χ2n) is 5.57. The Morgan fingerprint density at radius 3 is 2.56 bits per heavy atom. The quantitative estimate of drug-likeness (QED) is 0.530. The number of furan rings is 1. The highest BCUT2D eigenvalue weighted by molar-refractivity contribution is 7.89. The number of nitro benzene ring substituents is 1. The summed E-state index contributed by atoms with van der Waals surface area (Å²) in [7, 11) is -4.07. The number of para-hydroxylation sites is 1.